The van der Waals surface area contributed by atoms with Gasteiger partial charge in [-0.05, 0) is 30.3 Å². The third-order valence-electron chi connectivity index (χ3n) is 3.46. The van der Waals surface area contributed by atoms with Crippen molar-refractivity contribution in [3.8, 4) is 5.69 Å². The smallest absolute Gasteiger partial charge is 0.354 e. The van der Waals surface area contributed by atoms with Crippen molar-refractivity contribution in [1.29, 1.82) is 0 Å². The summed E-state index contributed by atoms with van der Waals surface area (Å²) in [7, 11) is 0. The number of thioether (sulfide) groups is 1. The molecule has 0 aliphatic heterocycles. The van der Waals surface area contributed by atoms with Crippen LogP contribution in [0.1, 0.15) is 16.1 Å². The fourth-order valence-corrected chi connectivity index (χ4v) is 3.24. The maximum atomic E-state index is 13.8. The standard InChI is InChI=1S/C17H10F4N2O2S/c18-10-1-3-12(4-2-10)23-14(16(24)25)7-22-17(23)26-8-9-5-11(19)6-13(20)15(9)21/h1-7H,8H2,(H,24,25). The quantitative estimate of drug-likeness (QED) is 0.403. The van der Waals surface area contributed by atoms with Gasteiger partial charge in [0, 0.05) is 23.1 Å². The number of nitrogens with zero attached hydrogens (tertiary/aromatic N) is 2. The van der Waals surface area contributed by atoms with E-state index in [0.29, 0.717) is 11.8 Å². The summed E-state index contributed by atoms with van der Waals surface area (Å²) in [6.07, 6.45) is 1.09. The van der Waals surface area contributed by atoms with Crippen LogP contribution in [0.5, 0.6) is 0 Å². The molecule has 1 aromatic heterocycles. The van der Waals surface area contributed by atoms with Crippen molar-refractivity contribution in [3.05, 3.63) is 77.1 Å². The van der Waals surface area contributed by atoms with Crippen LogP contribution < -0.4 is 0 Å². The molecule has 2 aromatic carbocycles. The van der Waals surface area contributed by atoms with E-state index < -0.39 is 29.2 Å². The predicted molar refractivity (Wildman–Crippen MR) is 86.4 cm³/mol. The van der Waals surface area contributed by atoms with Crippen molar-refractivity contribution in [2.45, 2.75) is 10.9 Å². The fraction of sp³-hybridized carbons (Fsp3) is 0.0588. The zero-order valence-electron chi connectivity index (χ0n) is 12.9. The number of aromatic carboxylic acids is 1. The number of benzene rings is 2. The topological polar surface area (TPSA) is 55.1 Å². The lowest BCUT2D eigenvalue weighted by molar-refractivity contribution is 0.0687. The number of rotatable bonds is 5. The molecule has 134 valence electrons. The van der Waals surface area contributed by atoms with Gasteiger partial charge in [-0.2, -0.15) is 0 Å². The first-order valence-electron chi connectivity index (χ1n) is 7.20. The van der Waals surface area contributed by atoms with Crippen LogP contribution >= 0.6 is 11.8 Å². The minimum atomic E-state index is -1.31. The van der Waals surface area contributed by atoms with Crippen molar-refractivity contribution >= 4 is 17.7 Å². The van der Waals surface area contributed by atoms with Gasteiger partial charge in [0.25, 0.3) is 0 Å². The van der Waals surface area contributed by atoms with Crippen LogP contribution in [0.3, 0.4) is 0 Å². The van der Waals surface area contributed by atoms with E-state index in [0.717, 1.165) is 36.2 Å². The van der Waals surface area contributed by atoms with Gasteiger partial charge in [-0.3, -0.25) is 4.57 Å². The Balaban J connectivity index is 1.96. The molecule has 0 unspecified atom stereocenters. The van der Waals surface area contributed by atoms with Gasteiger partial charge in [0.15, 0.2) is 22.5 Å². The molecule has 26 heavy (non-hydrogen) atoms. The van der Waals surface area contributed by atoms with E-state index in [4.69, 9.17) is 0 Å². The minimum absolute atomic E-state index is 0.151. The number of carboxylic acids is 1. The number of carbonyl (C=O) groups is 1. The van der Waals surface area contributed by atoms with Crippen LogP contribution in [-0.2, 0) is 5.75 Å². The molecule has 1 heterocycles. The van der Waals surface area contributed by atoms with Crippen molar-refractivity contribution < 1.29 is 27.5 Å². The number of hydrogen-bond donors (Lipinski definition) is 1. The maximum absolute atomic E-state index is 13.8. The highest BCUT2D eigenvalue weighted by Crippen LogP contribution is 2.28. The van der Waals surface area contributed by atoms with Crippen LogP contribution in [0, 0.1) is 23.3 Å². The third-order valence-corrected chi connectivity index (χ3v) is 4.46. The second-order valence-electron chi connectivity index (χ2n) is 5.19. The molecule has 0 saturated carbocycles. The number of hydrogen-bond acceptors (Lipinski definition) is 3. The summed E-state index contributed by atoms with van der Waals surface area (Å²) < 4.78 is 54.7. The van der Waals surface area contributed by atoms with Gasteiger partial charge >= 0.3 is 5.97 Å². The van der Waals surface area contributed by atoms with Crippen molar-refractivity contribution in [1.82, 2.24) is 9.55 Å². The molecule has 0 bridgehead atoms. The predicted octanol–water partition coefficient (Wildman–Crippen LogP) is 4.42. The Morgan fingerprint density at radius 3 is 2.42 bits per heavy atom. The average molecular weight is 382 g/mol. The monoisotopic (exact) mass is 382 g/mol. The number of aromatic nitrogens is 2. The van der Waals surface area contributed by atoms with Gasteiger partial charge in [-0.15, -0.1) is 0 Å². The van der Waals surface area contributed by atoms with Crippen LogP contribution in [0.4, 0.5) is 17.6 Å². The number of halogens is 4. The highest BCUT2D eigenvalue weighted by Gasteiger charge is 2.19. The summed E-state index contributed by atoms with van der Waals surface area (Å²) in [5, 5.41) is 9.44. The molecule has 0 atom stereocenters. The molecule has 0 spiro atoms. The normalized spacial score (nSPS) is 10.9. The summed E-state index contributed by atoms with van der Waals surface area (Å²) in [6.45, 7) is 0. The lowest BCUT2D eigenvalue weighted by Crippen LogP contribution is -2.07. The van der Waals surface area contributed by atoms with Crippen molar-refractivity contribution in [2.75, 3.05) is 0 Å². The Bertz CT molecular complexity index is 974. The van der Waals surface area contributed by atoms with E-state index in [2.05, 4.69) is 4.98 Å². The summed E-state index contributed by atoms with van der Waals surface area (Å²) in [5.74, 6) is -5.37. The van der Waals surface area contributed by atoms with Gasteiger partial charge < -0.3 is 5.11 Å². The second kappa shape index (κ2) is 7.20. The Labute approximate surface area is 149 Å². The highest BCUT2D eigenvalue weighted by molar-refractivity contribution is 7.98. The molecule has 9 heteroatoms. The summed E-state index contributed by atoms with van der Waals surface area (Å²) in [5.41, 5.74) is -0.0854. The molecule has 0 saturated heterocycles. The van der Waals surface area contributed by atoms with E-state index in [9.17, 15) is 27.5 Å². The van der Waals surface area contributed by atoms with E-state index in [1.54, 1.807) is 0 Å². The molecule has 3 rings (SSSR count). The molecule has 1 N–H and O–H groups in total. The summed E-state index contributed by atoms with van der Waals surface area (Å²) in [4.78, 5) is 15.4. The van der Waals surface area contributed by atoms with E-state index in [1.807, 2.05) is 0 Å². The fourth-order valence-electron chi connectivity index (χ4n) is 2.28. The number of carboxylic acid groups (broad SMARTS) is 1. The molecule has 0 aliphatic rings. The Morgan fingerprint density at radius 1 is 1.08 bits per heavy atom. The van der Waals surface area contributed by atoms with E-state index in [1.165, 1.54) is 16.7 Å². The van der Waals surface area contributed by atoms with Gasteiger partial charge in [-0.25, -0.2) is 27.3 Å². The van der Waals surface area contributed by atoms with Crippen LogP contribution in [0.2, 0.25) is 0 Å². The lowest BCUT2D eigenvalue weighted by Gasteiger charge is -2.10. The minimum Gasteiger partial charge on any atom is -0.477 e. The van der Waals surface area contributed by atoms with Crippen molar-refractivity contribution in [2.24, 2.45) is 0 Å². The average Bonchev–Trinajstić information content (AvgIpc) is 3.01. The van der Waals surface area contributed by atoms with Gasteiger partial charge in [-0.1, -0.05) is 11.8 Å². The SMILES string of the molecule is O=C(O)c1cnc(SCc2cc(F)cc(F)c2F)n1-c1ccc(F)cc1. The van der Waals surface area contributed by atoms with Gasteiger partial charge in [0.2, 0.25) is 0 Å². The number of imidazole rings is 1. The van der Waals surface area contributed by atoms with E-state index in [-0.39, 0.29) is 22.2 Å². The van der Waals surface area contributed by atoms with Crippen molar-refractivity contribution in [3.63, 3.8) is 0 Å². The maximum Gasteiger partial charge on any atom is 0.354 e. The molecule has 0 radical (unpaired) electrons. The molecule has 0 aliphatic carbocycles. The molecular weight excluding hydrogens is 372 g/mol. The zero-order chi connectivity index (χ0) is 18.8. The molecular formula is C17H10F4N2O2S. The zero-order valence-corrected chi connectivity index (χ0v) is 13.7. The first-order chi connectivity index (χ1) is 12.4. The Kier molecular flexibility index (Phi) is 4.99. The first-order valence-corrected chi connectivity index (χ1v) is 8.18. The third kappa shape index (κ3) is 3.57. The van der Waals surface area contributed by atoms with E-state index >= 15 is 0 Å². The highest BCUT2D eigenvalue weighted by atomic mass is 32.2. The van der Waals surface area contributed by atoms with Crippen LogP contribution in [0.15, 0.2) is 47.8 Å². The summed E-state index contributed by atoms with van der Waals surface area (Å²) in [6, 6.07) is 6.31. The molecule has 0 fully saturated rings. The molecule has 0 amide bonds. The molecule has 3 aromatic rings. The lowest BCUT2D eigenvalue weighted by atomic mass is 10.2. The van der Waals surface area contributed by atoms with Crippen LogP contribution in [-0.4, -0.2) is 20.6 Å². The molecule has 4 nitrogen and oxygen atoms in total. The van der Waals surface area contributed by atoms with Crippen LogP contribution in [0.25, 0.3) is 5.69 Å². The largest absolute Gasteiger partial charge is 0.477 e. The Hall–Kier alpha value is -2.81. The van der Waals surface area contributed by atoms with Gasteiger partial charge in [0.05, 0.1) is 6.20 Å². The van der Waals surface area contributed by atoms with Gasteiger partial charge in [0.1, 0.15) is 11.6 Å². The summed E-state index contributed by atoms with van der Waals surface area (Å²) >= 11 is 0.890. The first kappa shape index (κ1) is 18.0. The second-order valence-corrected chi connectivity index (χ2v) is 6.13. The Morgan fingerprint density at radius 2 is 1.77 bits per heavy atom.